The van der Waals surface area contributed by atoms with Crippen molar-refractivity contribution in [1.82, 2.24) is 0 Å². The van der Waals surface area contributed by atoms with Gasteiger partial charge in [0.05, 0.1) is 11.0 Å². The smallest absolute Gasteiger partial charge is 0.146 e. The molecule has 1 aromatic carbocycles. The molecule has 1 aromatic rings. The van der Waals surface area contributed by atoms with Gasteiger partial charge < -0.3 is 4.90 Å². The first-order valence-corrected chi connectivity index (χ1v) is 4.76. The zero-order chi connectivity index (χ0) is 10.3. The summed E-state index contributed by atoms with van der Waals surface area (Å²) in [4.78, 5) is 11.2. The molecule has 0 amide bonds. The van der Waals surface area contributed by atoms with E-state index in [9.17, 15) is 0 Å². The Kier molecular flexibility index (Phi) is 1.84. The minimum atomic E-state index is -0.297. The first kappa shape index (κ1) is 9.19. The first-order valence-electron chi connectivity index (χ1n) is 4.76. The van der Waals surface area contributed by atoms with Crippen LogP contribution in [0.5, 0.6) is 0 Å². The minimum absolute atomic E-state index is 0.297. The molecule has 1 aliphatic heterocycles. The van der Waals surface area contributed by atoms with E-state index in [2.05, 4.69) is 21.0 Å². The lowest BCUT2D eigenvalue weighted by Crippen LogP contribution is -2.28. The maximum absolute atomic E-state index is 4.60. The summed E-state index contributed by atoms with van der Waals surface area (Å²) >= 11 is 0. The predicted molar refractivity (Wildman–Crippen MR) is 57.2 cm³/mol. The summed E-state index contributed by atoms with van der Waals surface area (Å²) in [5, 5.41) is 2.02. The quantitative estimate of drug-likeness (QED) is 0.640. The van der Waals surface area contributed by atoms with Crippen LogP contribution in [0.2, 0.25) is 0 Å². The third-order valence-electron chi connectivity index (χ3n) is 2.25. The van der Waals surface area contributed by atoms with Crippen LogP contribution < -0.4 is 15.6 Å². The van der Waals surface area contributed by atoms with Gasteiger partial charge >= 0.3 is 0 Å². The molecule has 74 valence electrons. The summed E-state index contributed by atoms with van der Waals surface area (Å²) in [5.74, 6) is 0. The van der Waals surface area contributed by atoms with Gasteiger partial charge in [-0.1, -0.05) is 6.07 Å². The van der Waals surface area contributed by atoms with E-state index in [0.717, 1.165) is 16.4 Å². The van der Waals surface area contributed by atoms with Crippen molar-refractivity contribution in [3.63, 3.8) is 0 Å². The van der Waals surface area contributed by atoms with Crippen molar-refractivity contribution in [1.29, 1.82) is 0 Å². The average molecular weight is 189 g/mol. The number of hydrogen-bond donors (Lipinski definition) is 0. The highest BCUT2D eigenvalue weighted by Crippen LogP contribution is 2.13. The van der Waals surface area contributed by atoms with E-state index in [0.29, 0.717) is 0 Å². The molecule has 0 aliphatic carbocycles. The van der Waals surface area contributed by atoms with Crippen LogP contribution >= 0.6 is 0 Å². The van der Waals surface area contributed by atoms with Crippen LogP contribution in [0.15, 0.2) is 28.2 Å². The van der Waals surface area contributed by atoms with Gasteiger partial charge in [0.2, 0.25) is 0 Å². The van der Waals surface area contributed by atoms with Crippen molar-refractivity contribution in [2.45, 2.75) is 19.5 Å². The van der Waals surface area contributed by atoms with Crippen molar-refractivity contribution in [2.75, 3.05) is 19.0 Å². The van der Waals surface area contributed by atoms with Gasteiger partial charge in [-0.15, -0.1) is 0 Å². The molecular weight excluding hydrogens is 174 g/mol. The molecule has 0 radical (unpaired) electrons. The molecule has 0 fully saturated rings. The summed E-state index contributed by atoms with van der Waals surface area (Å²) in [7, 11) is 4.05. The van der Waals surface area contributed by atoms with Crippen LogP contribution in [0.3, 0.4) is 0 Å². The highest BCUT2D eigenvalue weighted by Gasteiger charge is 2.19. The molecule has 14 heavy (non-hydrogen) atoms. The molecule has 0 bridgehead atoms. The fourth-order valence-corrected chi connectivity index (χ4v) is 1.68. The van der Waals surface area contributed by atoms with E-state index in [1.54, 1.807) is 0 Å². The average Bonchev–Trinajstić information content (AvgIpc) is 2.36. The molecule has 2 rings (SSSR count). The Hall–Kier alpha value is -1.38. The number of benzene rings is 1. The summed E-state index contributed by atoms with van der Waals surface area (Å²) in [6.07, 6.45) is 0. The second-order valence-corrected chi connectivity index (χ2v) is 4.26. The molecule has 0 saturated heterocycles. The van der Waals surface area contributed by atoms with Crippen LogP contribution in [-0.2, 0) is 0 Å². The standard InChI is InChI=1S/C11H15N3/c1-11(2)12-8-6-5-7-9(14(3)4)10(8)13-11/h5-7H,1-4H3. The molecule has 3 heteroatoms. The summed E-state index contributed by atoms with van der Waals surface area (Å²) in [6.45, 7) is 4.04. The number of nitrogens with zero attached hydrogens (tertiary/aromatic N) is 3. The molecule has 0 spiro atoms. The molecular formula is C11H15N3. The SMILES string of the molecule is CN(C)c1cccc2c1=NC(C)(C)N=2. The zero-order valence-corrected chi connectivity index (χ0v) is 9.07. The lowest BCUT2D eigenvalue weighted by molar-refractivity contribution is 0.549. The van der Waals surface area contributed by atoms with Crippen molar-refractivity contribution in [2.24, 2.45) is 9.98 Å². The Bertz CT molecular complexity index is 472. The second kappa shape index (κ2) is 2.80. The van der Waals surface area contributed by atoms with Gasteiger partial charge in [-0.25, -0.2) is 0 Å². The topological polar surface area (TPSA) is 28.0 Å². The number of para-hydroxylation sites is 1. The van der Waals surface area contributed by atoms with Crippen LogP contribution in [0, 0.1) is 0 Å². The molecule has 3 nitrogen and oxygen atoms in total. The summed E-state index contributed by atoms with van der Waals surface area (Å²) in [5.41, 5.74) is 0.839. The second-order valence-electron chi connectivity index (χ2n) is 4.26. The van der Waals surface area contributed by atoms with Gasteiger partial charge in [-0.05, 0) is 26.0 Å². The largest absolute Gasteiger partial charge is 0.376 e. The van der Waals surface area contributed by atoms with Crippen LogP contribution in [0.25, 0.3) is 0 Å². The van der Waals surface area contributed by atoms with E-state index in [1.807, 2.05) is 40.1 Å². The summed E-state index contributed by atoms with van der Waals surface area (Å²) < 4.78 is 0. The molecule has 0 N–H and O–H groups in total. The number of fused-ring (bicyclic) bond motifs is 1. The molecule has 0 aromatic heterocycles. The summed E-state index contributed by atoms with van der Waals surface area (Å²) in [6, 6.07) is 6.11. The third kappa shape index (κ3) is 1.39. The molecule has 0 atom stereocenters. The fourth-order valence-electron chi connectivity index (χ4n) is 1.68. The van der Waals surface area contributed by atoms with Crippen molar-refractivity contribution in [3.05, 3.63) is 28.9 Å². The van der Waals surface area contributed by atoms with Crippen molar-refractivity contribution < 1.29 is 0 Å². The highest BCUT2D eigenvalue weighted by atomic mass is 15.1. The fraction of sp³-hybridized carbons (Fsp3) is 0.455. The van der Waals surface area contributed by atoms with E-state index in [-0.39, 0.29) is 5.66 Å². The van der Waals surface area contributed by atoms with Gasteiger partial charge in [0.25, 0.3) is 0 Å². The van der Waals surface area contributed by atoms with Gasteiger partial charge in [0.15, 0.2) is 0 Å². The van der Waals surface area contributed by atoms with Crippen LogP contribution in [0.1, 0.15) is 13.8 Å². The van der Waals surface area contributed by atoms with Crippen LogP contribution in [-0.4, -0.2) is 19.8 Å². The third-order valence-corrected chi connectivity index (χ3v) is 2.25. The van der Waals surface area contributed by atoms with Gasteiger partial charge in [-0.2, -0.15) is 0 Å². The lowest BCUT2D eigenvalue weighted by Gasteiger charge is -2.12. The molecule has 0 unspecified atom stereocenters. The van der Waals surface area contributed by atoms with E-state index >= 15 is 0 Å². The van der Waals surface area contributed by atoms with E-state index < -0.39 is 0 Å². The van der Waals surface area contributed by atoms with Crippen molar-refractivity contribution >= 4 is 5.69 Å². The van der Waals surface area contributed by atoms with Crippen LogP contribution in [0.4, 0.5) is 5.69 Å². The number of anilines is 1. The number of hydrogen-bond acceptors (Lipinski definition) is 3. The van der Waals surface area contributed by atoms with Gasteiger partial charge in [-0.3, -0.25) is 9.98 Å². The Morgan fingerprint density at radius 2 is 1.86 bits per heavy atom. The van der Waals surface area contributed by atoms with Gasteiger partial charge in [0, 0.05) is 14.1 Å². The number of rotatable bonds is 1. The van der Waals surface area contributed by atoms with Crippen molar-refractivity contribution in [3.8, 4) is 0 Å². The van der Waals surface area contributed by atoms with E-state index in [1.165, 1.54) is 0 Å². The maximum Gasteiger partial charge on any atom is 0.146 e. The Morgan fingerprint density at radius 3 is 2.50 bits per heavy atom. The molecule has 1 aliphatic rings. The molecule has 1 heterocycles. The first-order chi connectivity index (χ1) is 6.49. The zero-order valence-electron chi connectivity index (χ0n) is 9.07. The Balaban J connectivity index is 2.76. The normalized spacial score (nSPS) is 16.9. The minimum Gasteiger partial charge on any atom is -0.376 e. The maximum atomic E-state index is 4.60. The predicted octanol–water partition coefficient (Wildman–Crippen LogP) is 0.741. The van der Waals surface area contributed by atoms with E-state index in [4.69, 9.17) is 0 Å². The van der Waals surface area contributed by atoms with Gasteiger partial charge in [0.1, 0.15) is 11.0 Å². The Morgan fingerprint density at radius 1 is 1.14 bits per heavy atom. The Labute approximate surface area is 83.8 Å². The molecule has 0 saturated carbocycles. The lowest BCUT2D eigenvalue weighted by atomic mass is 10.3. The highest BCUT2D eigenvalue weighted by molar-refractivity contribution is 5.44. The monoisotopic (exact) mass is 189 g/mol.